The summed E-state index contributed by atoms with van der Waals surface area (Å²) in [5.74, 6) is 1.51. The molecule has 0 radical (unpaired) electrons. The van der Waals surface area contributed by atoms with Gasteiger partial charge in [-0.1, -0.05) is 18.2 Å². The molecule has 4 rings (SSSR count). The third-order valence-corrected chi connectivity index (χ3v) is 4.31. The Hall–Kier alpha value is -2.89. The number of H-pyrrole nitrogens is 1. The van der Waals surface area contributed by atoms with Gasteiger partial charge in [0.25, 0.3) is 5.56 Å². The third kappa shape index (κ3) is 2.95. The number of aromatic nitrogens is 3. The first-order valence-corrected chi connectivity index (χ1v) is 8.22. The van der Waals surface area contributed by atoms with Gasteiger partial charge in [0.05, 0.1) is 10.9 Å². The van der Waals surface area contributed by atoms with Crippen LogP contribution >= 0.6 is 0 Å². The van der Waals surface area contributed by atoms with Crippen molar-refractivity contribution in [3.8, 4) is 0 Å². The molecule has 1 fully saturated rings. The Morgan fingerprint density at radius 1 is 1.12 bits per heavy atom. The molecule has 24 heavy (non-hydrogen) atoms. The van der Waals surface area contributed by atoms with Crippen LogP contribution in [-0.4, -0.2) is 28.0 Å². The molecule has 0 amide bonds. The first kappa shape index (κ1) is 14.7. The monoisotopic (exact) mass is 321 g/mol. The number of aromatic amines is 1. The molecule has 0 saturated carbocycles. The van der Waals surface area contributed by atoms with E-state index in [1.54, 1.807) is 6.07 Å². The molecule has 1 aliphatic heterocycles. The fourth-order valence-corrected chi connectivity index (χ4v) is 3.01. The quantitative estimate of drug-likeness (QED) is 0.772. The van der Waals surface area contributed by atoms with E-state index in [1.807, 2.05) is 24.4 Å². The van der Waals surface area contributed by atoms with Crippen LogP contribution in [0.5, 0.6) is 0 Å². The molecule has 0 spiro atoms. The number of fused-ring (bicyclic) bond motifs is 1. The molecule has 1 aromatic carbocycles. The number of anilines is 2. The Morgan fingerprint density at radius 3 is 2.75 bits per heavy atom. The molecule has 0 atom stereocenters. The molecule has 1 saturated heterocycles. The maximum Gasteiger partial charge on any atom is 0.260 e. The molecule has 3 heterocycles. The lowest BCUT2D eigenvalue weighted by Crippen LogP contribution is -2.19. The highest BCUT2D eigenvalue weighted by Gasteiger charge is 2.12. The van der Waals surface area contributed by atoms with Gasteiger partial charge in [0.1, 0.15) is 5.82 Å². The van der Waals surface area contributed by atoms with Gasteiger partial charge in [-0.3, -0.25) is 9.78 Å². The fourth-order valence-electron chi connectivity index (χ4n) is 3.01. The van der Waals surface area contributed by atoms with Crippen LogP contribution in [0.3, 0.4) is 0 Å². The Labute approximate surface area is 139 Å². The summed E-state index contributed by atoms with van der Waals surface area (Å²) in [6.45, 7) is 2.74. The molecule has 122 valence electrons. The molecule has 2 N–H and O–H groups in total. The van der Waals surface area contributed by atoms with E-state index in [9.17, 15) is 4.79 Å². The molecule has 0 aliphatic carbocycles. The minimum absolute atomic E-state index is 0.134. The minimum atomic E-state index is -0.134. The van der Waals surface area contributed by atoms with E-state index < -0.39 is 0 Å². The van der Waals surface area contributed by atoms with Gasteiger partial charge in [0.15, 0.2) is 0 Å². The first-order valence-electron chi connectivity index (χ1n) is 8.22. The lowest BCUT2D eigenvalue weighted by molar-refractivity contribution is 0.931. The summed E-state index contributed by atoms with van der Waals surface area (Å²) in [4.78, 5) is 26.1. The van der Waals surface area contributed by atoms with Crippen molar-refractivity contribution >= 4 is 22.7 Å². The van der Waals surface area contributed by atoms with E-state index in [0.717, 1.165) is 24.5 Å². The van der Waals surface area contributed by atoms with Crippen LogP contribution in [0.1, 0.15) is 18.4 Å². The molecular weight excluding hydrogens is 302 g/mol. The van der Waals surface area contributed by atoms with E-state index in [-0.39, 0.29) is 5.56 Å². The maximum atomic E-state index is 12.0. The van der Waals surface area contributed by atoms with Gasteiger partial charge in [0.2, 0.25) is 5.95 Å². The van der Waals surface area contributed by atoms with Crippen LogP contribution in [0.2, 0.25) is 0 Å². The molecule has 0 unspecified atom stereocenters. The zero-order valence-electron chi connectivity index (χ0n) is 13.3. The van der Waals surface area contributed by atoms with Crippen LogP contribution in [0.15, 0.2) is 47.4 Å². The van der Waals surface area contributed by atoms with Crippen LogP contribution in [-0.2, 0) is 6.54 Å². The zero-order valence-corrected chi connectivity index (χ0v) is 13.3. The van der Waals surface area contributed by atoms with Gasteiger partial charge >= 0.3 is 0 Å². The van der Waals surface area contributed by atoms with Gasteiger partial charge in [-0.05, 0) is 36.6 Å². The summed E-state index contributed by atoms with van der Waals surface area (Å²) >= 11 is 0. The summed E-state index contributed by atoms with van der Waals surface area (Å²) in [6, 6.07) is 11.4. The number of nitrogens with one attached hydrogen (secondary N) is 2. The molecule has 1 aliphatic rings. The fraction of sp³-hybridized carbons (Fsp3) is 0.278. The molecule has 3 aromatic rings. The van der Waals surface area contributed by atoms with Crippen molar-refractivity contribution < 1.29 is 0 Å². The number of nitrogens with zero attached hydrogens (tertiary/aromatic N) is 3. The third-order valence-electron chi connectivity index (χ3n) is 4.31. The zero-order chi connectivity index (χ0) is 16.4. The lowest BCUT2D eigenvalue weighted by atomic mass is 10.2. The van der Waals surface area contributed by atoms with Gasteiger partial charge in [-0.2, -0.15) is 0 Å². The van der Waals surface area contributed by atoms with Gasteiger partial charge in [-0.25, -0.2) is 9.97 Å². The van der Waals surface area contributed by atoms with E-state index in [2.05, 4.69) is 37.3 Å². The number of hydrogen-bond donors (Lipinski definition) is 2. The first-order chi connectivity index (χ1) is 11.8. The summed E-state index contributed by atoms with van der Waals surface area (Å²) in [5.41, 5.74) is 1.60. The Balaban J connectivity index is 1.47. The van der Waals surface area contributed by atoms with Gasteiger partial charge in [0, 0.05) is 25.8 Å². The van der Waals surface area contributed by atoms with Crippen molar-refractivity contribution in [2.45, 2.75) is 19.4 Å². The smallest absolute Gasteiger partial charge is 0.260 e. The largest absolute Gasteiger partial charge is 0.357 e. The number of rotatable bonds is 4. The Bertz CT molecular complexity index is 897. The predicted octanol–water partition coefficient (Wildman–Crippen LogP) is 2.53. The highest BCUT2D eigenvalue weighted by atomic mass is 16.1. The minimum Gasteiger partial charge on any atom is -0.357 e. The molecule has 6 heteroatoms. The second-order valence-corrected chi connectivity index (χ2v) is 6.00. The van der Waals surface area contributed by atoms with E-state index in [0.29, 0.717) is 23.4 Å². The second kappa shape index (κ2) is 6.31. The number of hydrogen-bond acceptors (Lipinski definition) is 5. The van der Waals surface area contributed by atoms with E-state index >= 15 is 0 Å². The van der Waals surface area contributed by atoms with Crippen molar-refractivity contribution in [2.75, 3.05) is 23.3 Å². The second-order valence-electron chi connectivity index (χ2n) is 6.00. The van der Waals surface area contributed by atoms with Crippen LogP contribution in [0.4, 0.5) is 11.8 Å². The van der Waals surface area contributed by atoms with Crippen molar-refractivity contribution in [3.05, 3.63) is 58.5 Å². The SMILES string of the molecule is O=c1[nH]c(NCc2ccc(N3CCCC3)nc2)nc2ccccc12. The average Bonchev–Trinajstić information content (AvgIpc) is 3.15. The van der Waals surface area contributed by atoms with E-state index in [1.165, 1.54) is 12.8 Å². The van der Waals surface area contributed by atoms with Crippen molar-refractivity contribution in [1.82, 2.24) is 15.0 Å². The Morgan fingerprint density at radius 2 is 1.96 bits per heavy atom. The van der Waals surface area contributed by atoms with Crippen molar-refractivity contribution in [1.29, 1.82) is 0 Å². The van der Waals surface area contributed by atoms with Crippen molar-refractivity contribution in [3.63, 3.8) is 0 Å². The van der Waals surface area contributed by atoms with Gasteiger partial charge < -0.3 is 10.2 Å². The summed E-state index contributed by atoms with van der Waals surface area (Å²) < 4.78 is 0. The van der Waals surface area contributed by atoms with Gasteiger partial charge in [-0.15, -0.1) is 0 Å². The summed E-state index contributed by atoms with van der Waals surface area (Å²) in [7, 11) is 0. The van der Waals surface area contributed by atoms with E-state index in [4.69, 9.17) is 0 Å². The number of pyridine rings is 1. The topological polar surface area (TPSA) is 73.9 Å². The number of benzene rings is 1. The van der Waals surface area contributed by atoms with Crippen LogP contribution in [0.25, 0.3) is 10.9 Å². The van der Waals surface area contributed by atoms with Crippen LogP contribution in [0, 0.1) is 0 Å². The highest BCUT2D eigenvalue weighted by molar-refractivity contribution is 5.78. The molecule has 2 aromatic heterocycles. The lowest BCUT2D eigenvalue weighted by Gasteiger charge is -2.16. The Kier molecular flexibility index (Phi) is 3.86. The predicted molar refractivity (Wildman–Crippen MR) is 95.4 cm³/mol. The maximum absolute atomic E-state index is 12.0. The molecular formula is C18H19N5O. The summed E-state index contributed by atoms with van der Waals surface area (Å²) in [5, 5.41) is 3.76. The highest BCUT2D eigenvalue weighted by Crippen LogP contribution is 2.17. The summed E-state index contributed by atoms with van der Waals surface area (Å²) in [6.07, 6.45) is 4.36. The number of para-hydroxylation sites is 1. The van der Waals surface area contributed by atoms with Crippen LogP contribution < -0.4 is 15.8 Å². The average molecular weight is 321 g/mol. The standard InChI is InChI=1S/C18H19N5O/c24-17-14-5-1-2-6-15(14)21-18(22-17)20-12-13-7-8-16(19-11-13)23-9-3-4-10-23/h1-2,5-8,11H,3-4,9-10,12H2,(H2,20,21,22,24). The normalized spacial score (nSPS) is 14.2. The van der Waals surface area contributed by atoms with Crippen molar-refractivity contribution in [2.24, 2.45) is 0 Å². The molecule has 0 bridgehead atoms. The molecule has 6 nitrogen and oxygen atoms in total.